The van der Waals surface area contributed by atoms with Gasteiger partial charge >= 0.3 is 6.03 Å². The molecule has 28 heavy (non-hydrogen) atoms. The molecule has 0 radical (unpaired) electrons. The van der Waals surface area contributed by atoms with E-state index in [0.29, 0.717) is 18.8 Å². The number of aryl methyl sites for hydroxylation is 2. The summed E-state index contributed by atoms with van der Waals surface area (Å²) in [7, 11) is -3.99. The number of urea groups is 1. The highest BCUT2D eigenvalue weighted by molar-refractivity contribution is 7.90. The molecule has 2 heterocycles. The highest BCUT2D eigenvalue weighted by atomic mass is 32.2. The number of carbonyl (C=O) groups excluding carboxylic acids is 1. The minimum absolute atomic E-state index is 0.0540. The van der Waals surface area contributed by atoms with E-state index in [9.17, 15) is 13.2 Å². The number of hydrogen-bond acceptors (Lipinski definition) is 5. The molecule has 2 aromatic rings. The van der Waals surface area contributed by atoms with Gasteiger partial charge in [-0.1, -0.05) is 6.07 Å². The summed E-state index contributed by atoms with van der Waals surface area (Å²) in [6, 6.07) is 1.56. The van der Waals surface area contributed by atoms with Crippen LogP contribution in [-0.4, -0.2) is 30.8 Å². The summed E-state index contributed by atoms with van der Waals surface area (Å²) < 4.78 is 29.4. The Labute approximate surface area is 163 Å². The standard InChI is InChI=1S/C19H23N5O3S/c25-19(23-28(26,27)17-11-21-24-8-7-20-10-16(17)24)22-18-14-5-1-3-12(14)9-13-4-2-6-15(13)18/h9,11,20H,1-8,10H2,(H2,22,23,25). The van der Waals surface area contributed by atoms with E-state index in [1.165, 1.54) is 28.5 Å². The second-order valence-corrected chi connectivity index (χ2v) is 9.30. The van der Waals surface area contributed by atoms with Gasteiger partial charge in [0.15, 0.2) is 0 Å². The minimum atomic E-state index is -3.99. The maximum Gasteiger partial charge on any atom is 0.333 e. The summed E-state index contributed by atoms with van der Waals surface area (Å²) >= 11 is 0. The highest BCUT2D eigenvalue weighted by Crippen LogP contribution is 2.38. The Morgan fingerprint density at radius 2 is 1.82 bits per heavy atom. The Morgan fingerprint density at radius 3 is 2.54 bits per heavy atom. The number of nitrogens with zero attached hydrogens (tertiary/aromatic N) is 2. The van der Waals surface area contributed by atoms with Crippen molar-refractivity contribution in [2.45, 2.75) is 56.5 Å². The zero-order chi connectivity index (χ0) is 19.3. The smallest absolute Gasteiger partial charge is 0.309 e. The molecule has 3 aliphatic rings. The van der Waals surface area contributed by atoms with E-state index in [1.807, 2.05) is 0 Å². The van der Waals surface area contributed by atoms with Crippen molar-refractivity contribution in [1.82, 2.24) is 19.8 Å². The first-order chi connectivity index (χ1) is 13.5. The molecule has 5 rings (SSSR count). The average molecular weight is 401 g/mol. The number of fused-ring (bicyclic) bond motifs is 3. The van der Waals surface area contributed by atoms with E-state index in [2.05, 4.69) is 26.5 Å². The number of hydrogen-bond donors (Lipinski definition) is 3. The number of benzene rings is 1. The number of aromatic nitrogens is 2. The van der Waals surface area contributed by atoms with Crippen LogP contribution in [0.25, 0.3) is 0 Å². The fraction of sp³-hybridized carbons (Fsp3) is 0.474. The third-order valence-corrected chi connectivity index (χ3v) is 7.31. The number of rotatable bonds is 3. The van der Waals surface area contributed by atoms with Crippen molar-refractivity contribution >= 4 is 21.7 Å². The largest absolute Gasteiger partial charge is 0.333 e. The molecule has 0 fully saturated rings. The topological polar surface area (TPSA) is 105 Å². The Kier molecular flexibility index (Phi) is 4.17. The predicted molar refractivity (Wildman–Crippen MR) is 104 cm³/mol. The maximum atomic E-state index is 12.8. The molecule has 8 nitrogen and oxygen atoms in total. The van der Waals surface area contributed by atoms with E-state index in [4.69, 9.17) is 0 Å². The average Bonchev–Trinajstić information content (AvgIpc) is 3.39. The van der Waals surface area contributed by atoms with Gasteiger partial charge in [-0.25, -0.2) is 17.9 Å². The van der Waals surface area contributed by atoms with Gasteiger partial charge in [-0.3, -0.25) is 4.68 Å². The molecule has 1 aliphatic heterocycles. The molecule has 9 heteroatoms. The van der Waals surface area contributed by atoms with E-state index >= 15 is 0 Å². The molecule has 3 N–H and O–H groups in total. The molecule has 0 atom stereocenters. The molecule has 0 spiro atoms. The first kappa shape index (κ1) is 17.7. The Morgan fingerprint density at radius 1 is 1.11 bits per heavy atom. The van der Waals surface area contributed by atoms with E-state index in [-0.39, 0.29) is 4.90 Å². The lowest BCUT2D eigenvalue weighted by atomic mass is 9.99. The molecule has 148 valence electrons. The molecule has 1 aromatic heterocycles. The van der Waals surface area contributed by atoms with Crippen LogP contribution in [0.2, 0.25) is 0 Å². The predicted octanol–water partition coefficient (Wildman–Crippen LogP) is 1.47. The Balaban J connectivity index is 1.41. The zero-order valence-corrected chi connectivity index (χ0v) is 16.4. The summed E-state index contributed by atoms with van der Waals surface area (Å²) in [6.45, 7) is 1.77. The van der Waals surface area contributed by atoms with Crippen LogP contribution >= 0.6 is 0 Å². The molecular formula is C19H23N5O3S. The van der Waals surface area contributed by atoms with Gasteiger partial charge in [0.05, 0.1) is 18.4 Å². The molecule has 0 saturated carbocycles. The van der Waals surface area contributed by atoms with Crippen LogP contribution < -0.4 is 15.4 Å². The second-order valence-electron chi connectivity index (χ2n) is 7.65. The Hall–Kier alpha value is -2.39. The van der Waals surface area contributed by atoms with Crippen molar-refractivity contribution in [2.24, 2.45) is 0 Å². The number of sulfonamides is 1. The van der Waals surface area contributed by atoms with E-state index in [0.717, 1.165) is 50.8 Å². The lowest BCUT2D eigenvalue weighted by Crippen LogP contribution is -2.36. The summed E-state index contributed by atoms with van der Waals surface area (Å²) in [5.74, 6) is 0. The molecular weight excluding hydrogens is 378 g/mol. The van der Waals surface area contributed by atoms with Crippen LogP contribution in [0.1, 0.15) is 40.8 Å². The van der Waals surface area contributed by atoms with Gasteiger partial charge in [0, 0.05) is 18.8 Å². The lowest BCUT2D eigenvalue weighted by molar-refractivity contribution is 0.256. The molecule has 2 amide bonds. The van der Waals surface area contributed by atoms with Crippen LogP contribution in [0.4, 0.5) is 10.5 Å². The van der Waals surface area contributed by atoms with Crippen LogP contribution in [-0.2, 0) is 48.8 Å². The van der Waals surface area contributed by atoms with Gasteiger partial charge < -0.3 is 10.6 Å². The van der Waals surface area contributed by atoms with Crippen molar-refractivity contribution in [2.75, 3.05) is 11.9 Å². The van der Waals surface area contributed by atoms with E-state index < -0.39 is 16.1 Å². The summed E-state index contributed by atoms with van der Waals surface area (Å²) in [5.41, 5.74) is 6.31. The van der Waals surface area contributed by atoms with Gasteiger partial charge in [0.25, 0.3) is 10.0 Å². The van der Waals surface area contributed by atoms with Gasteiger partial charge in [0.1, 0.15) is 4.90 Å². The first-order valence-corrected chi connectivity index (χ1v) is 11.3. The summed E-state index contributed by atoms with van der Waals surface area (Å²) in [5, 5.41) is 10.1. The molecule has 1 aromatic carbocycles. The molecule has 0 unspecified atom stereocenters. The number of nitrogens with one attached hydrogen (secondary N) is 3. The van der Waals surface area contributed by atoms with Crippen molar-refractivity contribution in [1.29, 1.82) is 0 Å². The lowest BCUT2D eigenvalue weighted by Gasteiger charge is -2.18. The SMILES string of the molecule is O=C(Nc1c2c(cc3c1CCC3)CCC2)NS(=O)(=O)c1cnn2c1CNCC2. The van der Waals surface area contributed by atoms with Gasteiger partial charge in [-0.2, -0.15) is 5.10 Å². The summed E-state index contributed by atoms with van der Waals surface area (Å²) in [4.78, 5) is 12.7. The molecule has 0 saturated heterocycles. The number of carbonyl (C=O) groups is 1. The van der Waals surface area contributed by atoms with Crippen LogP contribution in [0, 0.1) is 0 Å². The van der Waals surface area contributed by atoms with E-state index in [1.54, 1.807) is 4.68 Å². The first-order valence-electron chi connectivity index (χ1n) is 9.78. The number of amides is 2. The second kappa shape index (κ2) is 6.59. The third-order valence-electron chi connectivity index (χ3n) is 5.93. The van der Waals surface area contributed by atoms with Crippen molar-refractivity contribution in [3.63, 3.8) is 0 Å². The third kappa shape index (κ3) is 2.89. The number of anilines is 1. The zero-order valence-electron chi connectivity index (χ0n) is 15.5. The van der Waals surface area contributed by atoms with Crippen LogP contribution in [0.5, 0.6) is 0 Å². The minimum Gasteiger partial charge on any atom is -0.309 e. The quantitative estimate of drug-likeness (QED) is 0.722. The highest BCUT2D eigenvalue weighted by Gasteiger charge is 2.29. The van der Waals surface area contributed by atoms with Crippen molar-refractivity contribution < 1.29 is 13.2 Å². The molecule has 0 bridgehead atoms. The normalized spacial score (nSPS) is 17.7. The van der Waals surface area contributed by atoms with Gasteiger partial charge in [-0.15, -0.1) is 0 Å². The fourth-order valence-electron chi connectivity index (χ4n) is 4.66. The van der Waals surface area contributed by atoms with Crippen LogP contribution in [0.15, 0.2) is 17.2 Å². The summed E-state index contributed by atoms with van der Waals surface area (Å²) in [6.07, 6.45) is 7.35. The van der Waals surface area contributed by atoms with Crippen LogP contribution in [0.3, 0.4) is 0 Å². The molecule has 2 aliphatic carbocycles. The fourth-order valence-corrected chi connectivity index (χ4v) is 5.74. The monoisotopic (exact) mass is 401 g/mol. The van der Waals surface area contributed by atoms with Gasteiger partial charge in [-0.05, 0) is 60.8 Å². The van der Waals surface area contributed by atoms with Crippen molar-refractivity contribution in [3.8, 4) is 0 Å². The Bertz CT molecular complexity index is 1040. The van der Waals surface area contributed by atoms with Crippen molar-refractivity contribution in [3.05, 3.63) is 40.2 Å². The van der Waals surface area contributed by atoms with Gasteiger partial charge in [0.2, 0.25) is 0 Å². The maximum absolute atomic E-state index is 12.8.